The van der Waals surface area contributed by atoms with Crippen molar-refractivity contribution in [1.82, 2.24) is 9.55 Å². The summed E-state index contributed by atoms with van der Waals surface area (Å²) >= 11 is 5.88. The molecule has 0 amide bonds. The van der Waals surface area contributed by atoms with Gasteiger partial charge in [-0.3, -0.25) is 0 Å². The van der Waals surface area contributed by atoms with Crippen LogP contribution in [0.3, 0.4) is 0 Å². The minimum Gasteiger partial charge on any atom is -0.335 e. The van der Waals surface area contributed by atoms with Gasteiger partial charge < -0.3 is 10.3 Å². The van der Waals surface area contributed by atoms with E-state index in [1.807, 2.05) is 31.3 Å². The van der Waals surface area contributed by atoms with Crippen LogP contribution in [0.2, 0.25) is 5.02 Å². The molecule has 18 heavy (non-hydrogen) atoms. The summed E-state index contributed by atoms with van der Waals surface area (Å²) in [5.41, 5.74) is 9.13. The molecule has 0 aliphatic carbocycles. The zero-order valence-corrected chi connectivity index (χ0v) is 11.5. The molecule has 0 fully saturated rings. The standard InChI is InChI=1S/C14H18ClN3/c1-10-13(17-14(7-8-16)18(10)2)9-11-3-5-12(15)6-4-11/h3-6H,7-9,16H2,1-2H3. The van der Waals surface area contributed by atoms with E-state index < -0.39 is 0 Å². The predicted octanol–water partition coefficient (Wildman–Crippen LogP) is 2.47. The second kappa shape index (κ2) is 5.55. The lowest BCUT2D eigenvalue weighted by Gasteiger charge is -2.02. The molecule has 0 saturated heterocycles. The fourth-order valence-electron chi connectivity index (χ4n) is 2.01. The van der Waals surface area contributed by atoms with Crippen molar-refractivity contribution in [2.24, 2.45) is 12.8 Å². The number of hydrogen-bond donors (Lipinski definition) is 1. The average Bonchev–Trinajstić information content (AvgIpc) is 2.61. The van der Waals surface area contributed by atoms with Crippen molar-refractivity contribution >= 4 is 11.6 Å². The van der Waals surface area contributed by atoms with Crippen LogP contribution in [0.4, 0.5) is 0 Å². The summed E-state index contributed by atoms with van der Waals surface area (Å²) in [6, 6.07) is 7.91. The van der Waals surface area contributed by atoms with E-state index in [9.17, 15) is 0 Å². The van der Waals surface area contributed by atoms with Crippen LogP contribution in [0.1, 0.15) is 22.8 Å². The maximum atomic E-state index is 5.88. The van der Waals surface area contributed by atoms with Gasteiger partial charge in [0.15, 0.2) is 0 Å². The number of halogens is 1. The molecule has 96 valence electrons. The van der Waals surface area contributed by atoms with Gasteiger partial charge >= 0.3 is 0 Å². The number of imidazole rings is 1. The SMILES string of the molecule is Cc1c(Cc2ccc(Cl)cc2)nc(CCN)n1C. The van der Waals surface area contributed by atoms with E-state index in [-0.39, 0.29) is 0 Å². The van der Waals surface area contributed by atoms with Crippen molar-refractivity contribution in [3.05, 3.63) is 52.1 Å². The Morgan fingerprint density at radius 1 is 1.28 bits per heavy atom. The number of rotatable bonds is 4. The van der Waals surface area contributed by atoms with Crippen LogP contribution in [-0.4, -0.2) is 16.1 Å². The molecule has 0 bridgehead atoms. The van der Waals surface area contributed by atoms with Crippen LogP contribution in [0.5, 0.6) is 0 Å². The smallest absolute Gasteiger partial charge is 0.110 e. The molecule has 4 heteroatoms. The summed E-state index contributed by atoms with van der Waals surface area (Å²) in [7, 11) is 2.04. The first-order chi connectivity index (χ1) is 8.61. The number of nitrogens with zero attached hydrogens (tertiary/aromatic N) is 2. The van der Waals surface area contributed by atoms with Crippen LogP contribution < -0.4 is 5.73 Å². The largest absolute Gasteiger partial charge is 0.335 e. The molecule has 0 saturated carbocycles. The first-order valence-electron chi connectivity index (χ1n) is 6.07. The number of hydrogen-bond acceptors (Lipinski definition) is 2. The molecule has 2 N–H and O–H groups in total. The Kier molecular flexibility index (Phi) is 4.04. The summed E-state index contributed by atoms with van der Waals surface area (Å²) in [5.74, 6) is 1.05. The lowest BCUT2D eigenvalue weighted by atomic mass is 10.1. The highest BCUT2D eigenvalue weighted by Crippen LogP contribution is 2.16. The molecule has 0 atom stereocenters. The Bertz CT molecular complexity index is 529. The Balaban J connectivity index is 2.23. The molecule has 0 spiro atoms. The van der Waals surface area contributed by atoms with Crippen LogP contribution in [-0.2, 0) is 19.9 Å². The quantitative estimate of drug-likeness (QED) is 0.921. The highest BCUT2D eigenvalue weighted by molar-refractivity contribution is 6.30. The lowest BCUT2D eigenvalue weighted by Crippen LogP contribution is -2.08. The van der Waals surface area contributed by atoms with Gasteiger partial charge in [-0.15, -0.1) is 0 Å². The van der Waals surface area contributed by atoms with Gasteiger partial charge in [0.05, 0.1) is 5.69 Å². The fourth-order valence-corrected chi connectivity index (χ4v) is 2.14. The minimum absolute atomic E-state index is 0.630. The zero-order valence-electron chi connectivity index (χ0n) is 10.8. The highest BCUT2D eigenvalue weighted by atomic mass is 35.5. The summed E-state index contributed by atoms with van der Waals surface area (Å²) in [4.78, 5) is 4.67. The molecule has 3 nitrogen and oxygen atoms in total. The molecule has 0 aliphatic heterocycles. The summed E-state index contributed by atoms with van der Waals surface area (Å²) < 4.78 is 2.12. The second-order valence-corrected chi connectivity index (χ2v) is 4.90. The molecule has 2 aromatic rings. The van der Waals surface area contributed by atoms with Crippen molar-refractivity contribution in [3.63, 3.8) is 0 Å². The van der Waals surface area contributed by atoms with Crippen molar-refractivity contribution in [2.45, 2.75) is 19.8 Å². The molecular formula is C14H18ClN3. The molecular weight excluding hydrogens is 246 g/mol. The van der Waals surface area contributed by atoms with Crippen molar-refractivity contribution < 1.29 is 0 Å². The van der Waals surface area contributed by atoms with Crippen molar-refractivity contribution in [2.75, 3.05) is 6.54 Å². The van der Waals surface area contributed by atoms with E-state index in [2.05, 4.69) is 16.5 Å². The van der Waals surface area contributed by atoms with Crippen LogP contribution in [0.15, 0.2) is 24.3 Å². The zero-order chi connectivity index (χ0) is 13.1. The molecule has 0 unspecified atom stereocenters. The predicted molar refractivity (Wildman–Crippen MR) is 75.0 cm³/mol. The monoisotopic (exact) mass is 263 g/mol. The van der Waals surface area contributed by atoms with E-state index in [0.717, 1.165) is 29.4 Å². The molecule has 0 aliphatic rings. The highest BCUT2D eigenvalue weighted by Gasteiger charge is 2.10. The molecule has 2 rings (SSSR count). The minimum atomic E-state index is 0.630. The molecule has 1 aromatic heterocycles. The number of benzene rings is 1. The molecule has 1 aromatic carbocycles. The van der Waals surface area contributed by atoms with Gasteiger partial charge in [0.25, 0.3) is 0 Å². The maximum Gasteiger partial charge on any atom is 0.110 e. The first kappa shape index (κ1) is 13.1. The van der Waals surface area contributed by atoms with Crippen LogP contribution >= 0.6 is 11.6 Å². The van der Waals surface area contributed by atoms with Gasteiger partial charge in [-0.25, -0.2) is 4.98 Å². The van der Waals surface area contributed by atoms with E-state index in [0.29, 0.717) is 6.54 Å². The van der Waals surface area contributed by atoms with E-state index in [1.165, 1.54) is 11.3 Å². The van der Waals surface area contributed by atoms with Crippen LogP contribution in [0.25, 0.3) is 0 Å². The van der Waals surface area contributed by atoms with Gasteiger partial charge in [-0.1, -0.05) is 23.7 Å². The van der Waals surface area contributed by atoms with Gasteiger partial charge in [0.2, 0.25) is 0 Å². The van der Waals surface area contributed by atoms with Crippen molar-refractivity contribution in [1.29, 1.82) is 0 Å². The van der Waals surface area contributed by atoms with E-state index >= 15 is 0 Å². The Morgan fingerprint density at radius 3 is 2.56 bits per heavy atom. The van der Waals surface area contributed by atoms with Crippen molar-refractivity contribution in [3.8, 4) is 0 Å². The lowest BCUT2D eigenvalue weighted by molar-refractivity contribution is 0.761. The Labute approximate surface area is 113 Å². The maximum absolute atomic E-state index is 5.88. The fraction of sp³-hybridized carbons (Fsp3) is 0.357. The Hall–Kier alpha value is -1.32. The summed E-state index contributed by atoms with van der Waals surface area (Å²) in [6.45, 7) is 2.73. The van der Waals surface area contributed by atoms with E-state index in [1.54, 1.807) is 0 Å². The second-order valence-electron chi connectivity index (χ2n) is 4.46. The average molecular weight is 264 g/mol. The van der Waals surface area contributed by atoms with Crippen LogP contribution in [0, 0.1) is 6.92 Å². The number of nitrogens with two attached hydrogens (primary N) is 1. The summed E-state index contributed by atoms with van der Waals surface area (Å²) in [6.07, 6.45) is 1.65. The third kappa shape index (κ3) is 2.74. The van der Waals surface area contributed by atoms with E-state index in [4.69, 9.17) is 17.3 Å². The van der Waals surface area contributed by atoms with Gasteiger partial charge in [0.1, 0.15) is 5.82 Å². The molecule has 0 radical (unpaired) electrons. The first-order valence-corrected chi connectivity index (χ1v) is 6.45. The Morgan fingerprint density at radius 2 is 1.94 bits per heavy atom. The van der Waals surface area contributed by atoms with Gasteiger partial charge in [0, 0.05) is 30.6 Å². The third-order valence-electron chi connectivity index (χ3n) is 3.22. The number of aromatic nitrogens is 2. The topological polar surface area (TPSA) is 43.8 Å². The normalized spacial score (nSPS) is 10.9. The third-order valence-corrected chi connectivity index (χ3v) is 3.48. The molecule has 1 heterocycles. The summed E-state index contributed by atoms with van der Waals surface area (Å²) in [5, 5.41) is 0.764. The van der Waals surface area contributed by atoms with Gasteiger partial charge in [-0.05, 0) is 31.2 Å². The van der Waals surface area contributed by atoms with Gasteiger partial charge in [-0.2, -0.15) is 0 Å².